The molecular weight excluding hydrogens is 420 g/mol. The Kier molecular flexibility index (Phi) is 6.68. The van der Waals surface area contributed by atoms with Crippen molar-refractivity contribution < 1.29 is 29.3 Å². The van der Waals surface area contributed by atoms with E-state index < -0.39 is 23.9 Å². The fourth-order valence-corrected chi connectivity index (χ4v) is 2.93. The lowest BCUT2D eigenvalue weighted by atomic mass is 10.1. The van der Waals surface area contributed by atoms with Crippen molar-refractivity contribution >= 4 is 34.7 Å². The summed E-state index contributed by atoms with van der Waals surface area (Å²) in [5.41, 5.74) is 6.55. The van der Waals surface area contributed by atoms with E-state index in [1.165, 1.54) is 24.3 Å². The van der Waals surface area contributed by atoms with Crippen molar-refractivity contribution in [3.05, 3.63) is 63.9 Å². The molecule has 0 radical (unpaired) electrons. The van der Waals surface area contributed by atoms with Crippen molar-refractivity contribution in [1.82, 2.24) is 15.3 Å². The van der Waals surface area contributed by atoms with E-state index in [0.717, 1.165) is 5.56 Å². The van der Waals surface area contributed by atoms with Crippen molar-refractivity contribution in [3.8, 4) is 5.75 Å². The Balaban J connectivity index is 1.62. The largest absolute Gasteiger partial charge is 0.489 e. The monoisotopic (exact) mass is 440 g/mol. The van der Waals surface area contributed by atoms with Crippen LogP contribution < -0.4 is 21.3 Å². The average Bonchev–Trinajstić information content (AvgIpc) is 2.75. The van der Waals surface area contributed by atoms with E-state index in [2.05, 4.69) is 15.3 Å². The van der Waals surface area contributed by atoms with Gasteiger partial charge in [0.1, 0.15) is 18.4 Å². The zero-order valence-corrected chi connectivity index (χ0v) is 16.7. The summed E-state index contributed by atoms with van der Waals surface area (Å²) in [4.78, 5) is 52.6. The van der Waals surface area contributed by atoms with Gasteiger partial charge in [-0.15, -0.1) is 0 Å². The number of carboxylic acids is 2. The molecule has 1 unspecified atom stereocenters. The summed E-state index contributed by atoms with van der Waals surface area (Å²) >= 11 is 0. The first-order chi connectivity index (χ1) is 15.2. The standard InChI is InChI=1S/C21H20N4O7/c22-21-24-15-6-1-11(9-14(15)19(29)25-21)10-32-13-4-2-12(3-5-13)18(28)23-16(20(30)31)7-8-17(26)27/h1-6,9,16H,7-8,10H2,(H,23,28)(H,26,27)(H,30,31)(H3,22,24,25,29). The van der Waals surface area contributed by atoms with Crippen LogP contribution in [0.2, 0.25) is 0 Å². The molecule has 0 aliphatic heterocycles. The minimum atomic E-state index is -1.31. The van der Waals surface area contributed by atoms with Gasteiger partial charge in [0.25, 0.3) is 11.5 Å². The first kappa shape index (κ1) is 22.3. The number of nitrogens with two attached hydrogens (primary N) is 1. The Morgan fingerprint density at radius 2 is 1.84 bits per heavy atom. The van der Waals surface area contributed by atoms with Crippen molar-refractivity contribution in [1.29, 1.82) is 0 Å². The number of fused-ring (bicyclic) bond motifs is 1. The molecule has 1 heterocycles. The fraction of sp³-hybridized carbons (Fsp3) is 0.190. The van der Waals surface area contributed by atoms with Crippen LogP contribution in [0.15, 0.2) is 47.3 Å². The van der Waals surface area contributed by atoms with E-state index in [4.69, 9.17) is 20.7 Å². The Morgan fingerprint density at radius 3 is 2.50 bits per heavy atom. The van der Waals surface area contributed by atoms with Crippen LogP contribution in [0.1, 0.15) is 28.8 Å². The number of aromatic amines is 1. The summed E-state index contributed by atoms with van der Waals surface area (Å²) in [6.07, 6.45) is -0.609. The number of carboxylic acid groups (broad SMARTS) is 2. The van der Waals surface area contributed by atoms with E-state index >= 15 is 0 Å². The van der Waals surface area contributed by atoms with Gasteiger partial charge in [0.15, 0.2) is 0 Å². The second-order valence-electron chi connectivity index (χ2n) is 6.91. The van der Waals surface area contributed by atoms with Gasteiger partial charge >= 0.3 is 11.9 Å². The number of rotatable bonds is 9. The predicted molar refractivity (Wildman–Crippen MR) is 113 cm³/mol. The summed E-state index contributed by atoms with van der Waals surface area (Å²) < 4.78 is 5.68. The maximum atomic E-state index is 12.3. The summed E-state index contributed by atoms with van der Waals surface area (Å²) in [5, 5.41) is 20.5. The number of ether oxygens (including phenoxy) is 1. The normalized spacial score (nSPS) is 11.6. The Morgan fingerprint density at radius 1 is 1.12 bits per heavy atom. The van der Waals surface area contributed by atoms with Gasteiger partial charge in [-0.2, -0.15) is 0 Å². The topological polar surface area (TPSA) is 185 Å². The van der Waals surface area contributed by atoms with Crippen LogP contribution >= 0.6 is 0 Å². The molecule has 0 saturated carbocycles. The number of nitrogens with zero attached hydrogens (tertiary/aromatic N) is 1. The number of carbonyl (C=O) groups is 3. The molecule has 0 aliphatic carbocycles. The number of benzene rings is 2. The molecule has 0 spiro atoms. The molecule has 1 amide bonds. The van der Waals surface area contributed by atoms with Crippen LogP contribution in [0.3, 0.4) is 0 Å². The van der Waals surface area contributed by atoms with Gasteiger partial charge in [0.05, 0.1) is 10.9 Å². The highest BCUT2D eigenvalue weighted by atomic mass is 16.5. The first-order valence-corrected chi connectivity index (χ1v) is 9.49. The van der Waals surface area contributed by atoms with Gasteiger partial charge in [-0.25, -0.2) is 9.78 Å². The Bertz CT molecular complexity index is 1220. The molecule has 6 N–H and O–H groups in total. The number of nitrogens with one attached hydrogen (secondary N) is 2. The third-order valence-electron chi connectivity index (χ3n) is 4.56. The van der Waals surface area contributed by atoms with Crippen LogP contribution in [0.5, 0.6) is 5.75 Å². The molecule has 1 aromatic heterocycles. The number of aliphatic carboxylic acids is 2. The second kappa shape index (κ2) is 9.60. The quantitative estimate of drug-likeness (QED) is 0.325. The molecule has 0 saturated heterocycles. The van der Waals surface area contributed by atoms with E-state index in [9.17, 15) is 19.2 Å². The summed E-state index contributed by atoms with van der Waals surface area (Å²) in [6, 6.07) is 9.74. The van der Waals surface area contributed by atoms with Crippen LogP contribution in [0.4, 0.5) is 5.95 Å². The molecule has 2 aromatic carbocycles. The molecule has 166 valence electrons. The van der Waals surface area contributed by atoms with Crippen LogP contribution in [-0.4, -0.2) is 44.1 Å². The van der Waals surface area contributed by atoms with Crippen LogP contribution in [0.25, 0.3) is 10.9 Å². The van der Waals surface area contributed by atoms with Gasteiger partial charge in [0, 0.05) is 12.0 Å². The highest BCUT2D eigenvalue weighted by Crippen LogP contribution is 2.17. The van der Waals surface area contributed by atoms with E-state index in [0.29, 0.717) is 16.7 Å². The molecule has 0 bridgehead atoms. The molecule has 0 aliphatic rings. The lowest BCUT2D eigenvalue weighted by Gasteiger charge is -2.14. The molecule has 3 rings (SSSR count). The first-order valence-electron chi connectivity index (χ1n) is 9.49. The van der Waals surface area contributed by atoms with Gasteiger partial charge in [-0.1, -0.05) is 6.07 Å². The smallest absolute Gasteiger partial charge is 0.326 e. The number of H-pyrrole nitrogens is 1. The number of amides is 1. The van der Waals surface area contributed by atoms with Crippen molar-refractivity contribution in [2.75, 3.05) is 5.73 Å². The molecule has 11 heteroatoms. The number of aromatic nitrogens is 2. The number of hydrogen-bond donors (Lipinski definition) is 5. The van der Waals surface area contributed by atoms with Gasteiger partial charge in [-0.05, 0) is 48.4 Å². The van der Waals surface area contributed by atoms with Crippen LogP contribution in [0, 0.1) is 0 Å². The predicted octanol–water partition coefficient (Wildman–Crippen LogP) is 1.13. The number of hydrogen-bond acceptors (Lipinski definition) is 7. The third kappa shape index (κ3) is 5.59. The van der Waals surface area contributed by atoms with Gasteiger partial charge in [0.2, 0.25) is 5.95 Å². The Labute approximate surface area is 180 Å². The molecule has 0 fully saturated rings. The molecule has 11 nitrogen and oxygen atoms in total. The van der Waals surface area contributed by atoms with Gasteiger partial charge < -0.3 is 26.0 Å². The minimum absolute atomic E-state index is 0.0344. The fourth-order valence-electron chi connectivity index (χ4n) is 2.93. The van der Waals surface area contributed by atoms with E-state index in [1.54, 1.807) is 18.2 Å². The lowest BCUT2D eigenvalue weighted by molar-refractivity contribution is -0.140. The second-order valence-corrected chi connectivity index (χ2v) is 6.91. The van der Waals surface area contributed by atoms with Crippen LogP contribution in [-0.2, 0) is 16.2 Å². The number of anilines is 1. The molecule has 3 aromatic rings. The highest BCUT2D eigenvalue weighted by molar-refractivity contribution is 5.96. The van der Waals surface area contributed by atoms with E-state index in [-0.39, 0.29) is 36.5 Å². The number of carbonyl (C=O) groups excluding carboxylic acids is 1. The Hall–Kier alpha value is -4.41. The minimum Gasteiger partial charge on any atom is -0.489 e. The van der Waals surface area contributed by atoms with Gasteiger partial charge in [-0.3, -0.25) is 19.4 Å². The van der Waals surface area contributed by atoms with Crippen molar-refractivity contribution in [2.24, 2.45) is 0 Å². The maximum absolute atomic E-state index is 12.3. The summed E-state index contributed by atoms with van der Waals surface area (Å²) in [7, 11) is 0. The maximum Gasteiger partial charge on any atom is 0.326 e. The molecule has 1 atom stereocenters. The van der Waals surface area contributed by atoms with Crippen molar-refractivity contribution in [3.63, 3.8) is 0 Å². The highest BCUT2D eigenvalue weighted by Gasteiger charge is 2.21. The zero-order valence-electron chi connectivity index (χ0n) is 16.7. The SMILES string of the molecule is Nc1nc2ccc(COc3ccc(C(=O)NC(CCC(=O)O)C(=O)O)cc3)cc2c(=O)[nH]1. The molecule has 32 heavy (non-hydrogen) atoms. The zero-order chi connectivity index (χ0) is 23.3. The number of nitrogen functional groups attached to an aromatic ring is 1. The summed E-state index contributed by atoms with van der Waals surface area (Å²) in [5.74, 6) is -2.62. The summed E-state index contributed by atoms with van der Waals surface area (Å²) in [6.45, 7) is 0.154. The average molecular weight is 440 g/mol. The van der Waals surface area contributed by atoms with Crippen molar-refractivity contribution in [2.45, 2.75) is 25.5 Å². The lowest BCUT2D eigenvalue weighted by Crippen LogP contribution is -2.41. The molecular formula is C21H20N4O7. The van der Waals surface area contributed by atoms with E-state index in [1.807, 2.05) is 0 Å². The third-order valence-corrected chi connectivity index (χ3v) is 4.56.